The third-order valence-corrected chi connectivity index (χ3v) is 6.19. The number of benzene rings is 2. The van der Waals surface area contributed by atoms with Gasteiger partial charge in [-0.1, -0.05) is 12.1 Å². The maximum absolute atomic E-state index is 12.5. The van der Waals surface area contributed by atoms with E-state index in [0.717, 1.165) is 37.2 Å². The number of aromatic hydroxyl groups is 1. The first-order valence-corrected chi connectivity index (χ1v) is 9.84. The van der Waals surface area contributed by atoms with Crippen LogP contribution in [0, 0.1) is 11.8 Å². The van der Waals surface area contributed by atoms with Gasteiger partial charge in [-0.25, -0.2) is 0 Å². The summed E-state index contributed by atoms with van der Waals surface area (Å²) in [6.45, 7) is 2.12. The second kappa shape index (κ2) is 7.57. The molecule has 0 spiro atoms. The zero-order valence-electron chi connectivity index (χ0n) is 16.2. The molecule has 0 bridgehead atoms. The summed E-state index contributed by atoms with van der Waals surface area (Å²) in [7, 11) is 1.65. The number of Topliss-reactive ketones (excluding diaryl/α,β-unsaturated/α-hetero) is 1. The summed E-state index contributed by atoms with van der Waals surface area (Å²) in [4.78, 5) is 14.7. The van der Waals surface area contributed by atoms with Gasteiger partial charge in [0.1, 0.15) is 11.5 Å². The second-order valence-electron chi connectivity index (χ2n) is 8.34. The van der Waals surface area contributed by atoms with E-state index in [-0.39, 0.29) is 11.5 Å². The van der Waals surface area contributed by atoms with Gasteiger partial charge in [0.05, 0.1) is 19.3 Å². The number of carbonyl (C=O) groups is 1. The van der Waals surface area contributed by atoms with Crippen LogP contribution >= 0.6 is 0 Å². The van der Waals surface area contributed by atoms with Crippen LogP contribution in [-0.4, -0.2) is 53.2 Å². The number of rotatable bonds is 6. The van der Waals surface area contributed by atoms with Crippen molar-refractivity contribution in [2.45, 2.75) is 24.9 Å². The van der Waals surface area contributed by atoms with E-state index in [1.807, 2.05) is 24.3 Å². The number of methoxy groups -OCH3 is 1. The first kappa shape index (κ1) is 19.0. The van der Waals surface area contributed by atoms with Crippen LogP contribution < -0.4 is 4.74 Å². The van der Waals surface area contributed by atoms with Crippen LogP contribution in [0.3, 0.4) is 0 Å². The van der Waals surface area contributed by atoms with Crippen molar-refractivity contribution >= 4 is 5.78 Å². The Bertz CT molecular complexity index is 817. The molecular formula is C23H27NO4. The van der Waals surface area contributed by atoms with Crippen molar-refractivity contribution in [2.75, 3.05) is 26.7 Å². The van der Waals surface area contributed by atoms with Gasteiger partial charge in [-0.3, -0.25) is 9.69 Å². The summed E-state index contributed by atoms with van der Waals surface area (Å²) in [5.41, 5.74) is 1.10. The number of ether oxygens (including phenoxy) is 1. The third-order valence-electron chi connectivity index (χ3n) is 6.19. The molecule has 0 aromatic heterocycles. The first-order chi connectivity index (χ1) is 13.4. The zero-order chi connectivity index (χ0) is 19.7. The predicted molar refractivity (Wildman–Crippen MR) is 107 cm³/mol. The van der Waals surface area contributed by atoms with E-state index >= 15 is 0 Å². The highest BCUT2D eigenvalue weighted by molar-refractivity contribution is 5.97. The number of hydrogen-bond acceptors (Lipinski definition) is 5. The first-order valence-electron chi connectivity index (χ1n) is 9.84. The van der Waals surface area contributed by atoms with Crippen LogP contribution in [0.15, 0.2) is 48.5 Å². The Labute approximate surface area is 165 Å². The lowest BCUT2D eigenvalue weighted by Crippen LogP contribution is -2.34. The van der Waals surface area contributed by atoms with Gasteiger partial charge in [0, 0.05) is 25.1 Å². The van der Waals surface area contributed by atoms with E-state index in [0.29, 0.717) is 30.4 Å². The lowest BCUT2D eigenvalue weighted by atomic mass is 9.91. The SMILES string of the molecule is COc1ccc(C[C@@]2(O)C[C@H]3CN(CC(=O)c4ccc(O)cc4)C[C@H]3C2)cc1. The molecule has 0 radical (unpaired) electrons. The molecule has 4 rings (SSSR count). The standard InChI is InChI=1S/C23H27NO4/c1-28-21-8-2-16(3-9-21)10-23(27)11-18-13-24(14-19(18)12-23)15-22(26)17-4-6-20(25)7-5-17/h2-9,18-19,25,27H,10-15H2,1H3/t18-,19+,23+. The molecule has 5 heteroatoms. The fraction of sp³-hybridized carbons (Fsp3) is 0.435. The molecule has 0 unspecified atom stereocenters. The third kappa shape index (κ3) is 4.05. The summed E-state index contributed by atoms with van der Waals surface area (Å²) in [5, 5.41) is 20.5. The zero-order valence-corrected chi connectivity index (χ0v) is 16.2. The Morgan fingerprint density at radius 1 is 1.07 bits per heavy atom. The van der Waals surface area contributed by atoms with Crippen molar-refractivity contribution in [3.8, 4) is 11.5 Å². The quantitative estimate of drug-likeness (QED) is 0.753. The Hall–Kier alpha value is -2.37. The fourth-order valence-corrected chi connectivity index (χ4v) is 4.90. The van der Waals surface area contributed by atoms with E-state index in [2.05, 4.69) is 4.90 Å². The van der Waals surface area contributed by atoms with Gasteiger partial charge in [0.2, 0.25) is 0 Å². The number of phenolic OH excluding ortho intramolecular Hbond substituents is 1. The van der Waals surface area contributed by atoms with Crippen molar-refractivity contribution in [1.82, 2.24) is 4.90 Å². The molecule has 2 fully saturated rings. The monoisotopic (exact) mass is 381 g/mol. The van der Waals surface area contributed by atoms with Crippen molar-refractivity contribution in [3.05, 3.63) is 59.7 Å². The number of phenols is 1. The maximum Gasteiger partial charge on any atom is 0.176 e. The molecule has 1 saturated carbocycles. The van der Waals surface area contributed by atoms with E-state index in [9.17, 15) is 15.0 Å². The minimum Gasteiger partial charge on any atom is -0.508 e. The summed E-state index contributed by atoms with van der Waals surface area (Å²) < 4.78 is 5.20. The number of aliphatic hydroxyl groups is 1. The molecule has 2 aliphatic rings. The van der Waals surface area contributed by atoms with Gasteiger partial charge in [-0.15, -0.1) is 0 Å². The fourth-order valence-electron chi connectivity index (χ4n) is 4.90. The number of fused-ring (bicyclic) bond motifs is 1. The second-order valence-corrected chi connectivity index (χ2v) is 8.34. The van der Waals surface area contributed by atoms with Gasteiger partial charge >= 0.3 is 0 Å². The molecular weight excluding hydrogens is 354 g/mol. The molecule has 1 aliphatic carbocycles. The molecule has 3 atom stereocenters. The molecule has 1 saturated heterocycles. The molecule has 28 heavy (non-hydrogen) atoms. The maximum atomic E-state index is 12.5. The highest BCUT2D eigenvalue weighted by Gasteiger charge is 2.48. The van der Waals surface area contributed by atoms with Gasteiger partial charge in [-0.2, -0.15) is 0 Å². The molecule has 148 valence electrons. The van der Waals surface area contributed by atoms with Crippen LogP contribution in [-0.2, 0) is 6.42 Å². The minimum absolute atomic E-state index is 0.0773. The highest BCUT2D eigenvalue weighted by Crippen LogP contribution is 2.45. The Balaban J connectivity index is 1.32. The molecule has 0 amide bonds. The topological polar surface area (TPSA) is 70.0 Å². The van der Waals surface area contributed by atoms with Crippen LogP contribution in [0.4, 0.5) is 0 Å². The highest BCUT2D eigenvalue weighted by atomic mass is 16.5. The molecule has 2 N–H and O–H groups in total. The van der Waals surface area contributed by atoms with Gasteiger partial charge in [0.25, 0.3) is 0 Å². The lowest BCUT2D eigenvalue weighted by molar-refractivity contribution is 0.0355. The van der Waals surface area contributed by atoms with Gasteiger partial charge in [0.15, 0.2) is 5.78 Å². The largest absolute Gasteiger partial charge is 0.508 e. The van der Waals surface area contributed by atoms with Crippen molar-refractivity contribution in [2.24, 2.45) is 11.8 Å². The van der Waals surface area contributed by atoms with E-state index < -0.39 is 5.60 Å². The lowest BCUT2D eigenvalue weighted by Gasteiger charge is -2.26. The average Bonchev–Trinajstić information content (AvgIpc) is 3.16. The van der Waals surface area contributed by atoms with Crippen molar-refractivity contribution in [3.63, 3.8) is 0 Å². The van der Waals surface area contributed by atoms with Crippen LogP contribution in [0.1, 0.15) is 28.8 Å². The number of carbonyl (C=O) groups excluding carboxylic acids is 1. The molecule has 1 heterocycles. The molecule has 2 aromatic rings. The van der Waals surface area contributed by atoms with Gasteiger partial charge in [-0.05, 0) is 66.6 Å². The number of hydrogen-bond donors (Lipinski definition) is 2. The van der Waals surface area contributed by atoms with Crippen molar-refractivity contribution in [1.29, 1.82) is 0 Å². The van der Waals surface area contributed by atoms with Crippen LogP contribution in [0.2, 0.25) is 0 Å². The number of ketones is 1. The summed E-state index contributed by atoms with van der Waals surface area (Å²) in [6.07, 6.45) is 2.23. The molecule has 2 aromatic carbocycles. The molecule has 5 nitrogen and oxygen atoms in total. The Morgan fingerprint density at radius 3 is 2.25 bits per heavy atom. The van der Waals surface area contributed by atoms with Crippen LogP contribution in [0.5, 0.6) is 11.5 Å². The normalized spacial score (nSPS) is 26.9. The number of likely N-dealkylation sites (tertiary alicyclic amines) is 1. The molecule has 1 aliphatic heterocycles. The van der Waals surface area contributed by atoms with Crippen molar-refractivity contribution < 1.29 is 19.7 Å². The van der Waals surface area contributed by atoms with E-state index in [1.54, 1.807) is 31.4 Å². The summed E-state index contributed by atoms with van der Waals surface area (Å²) in [5.74, 6) is 1.96. The average molecular weight is 381 g/mol. The Morgan fingerprint density at radius 2 is 1.68 bits per heavy atom. The van der Waals surface area contributed by atoms with Crippen LogP contribution in [0.25, 0.3) is 0 Å². The van der Waals surface area contributed by atoms with E-state index in [1.165, 1.54) is 0 Å². The summed E-state index contributed by atoms with van der Waals surface area (Å²) in [6, 6.07) is 14.3. The smallest absolute Gasteiger partial charge is 0.176 e. The minimum atomic E-state index is -0.656. The van der Waals surface area contributed by atoms with Gasteiger partial charge < -0.3 is 14.9 Å². The predicted octanol–water partition coefficient (Wildman–Crippen LogP) is 2.90. The Kier molecular flexibility index (Phi) is 5.13. The summed E-state index contributed by atoms with van der Waals surface area (Å²) >= 11 is 0. The number of nitrogens with zero attached hydrogens (tertiary/aromatic N) is 1. The van der Waals surface area contributed by atoms with E-state index in [4.69, 9.17) is 4.74 Å².